The minimum atomic E-state index is -0.179. The summed E-state index contributed by atoms with van der Waals surface area (Å²) in [5.74, 6) is 0.992. The Labute approximate surface area is 191 Å². The van der Waals surface area contributed by atoms with Gasteiger partial charge in [-0.3, -0.25) is 4.98 Å². The molecule has 2 aromatic carbocycles. The van der Waals surface area contributed by atoms with Crippen molar-refractivity contribution in [2.45, 2.75) is 12.1 Å². The first kappa shape index (κ1) is 20.1. The molecule has 1 fully saturated rings. The van der Waals surface area contributed by atoms with E-state index in [4.69, 9.17) is 17.0 Å². The maximum Gasteiger partial charge on any atom is 0.174 e. The lowest BCUT2D eigenvalue weighted by Crippen LogP contribution is -2.30. The Kier molecular flexibility index (Phi) is 5.25. The van der Waals surface area contributed by atoms with Crippen molar-refractivity contribution in [3.63, 3.8) is 0 Å². The van der Waals surface area contributed by atoms with Crippen LogP contribution in [0.5, 0.6) is 11.5 Å². The van der Waals surface area contributed by atoms with E-state index in [1.807, 2.05) is 66.9 Å². The van der Waals surface area contributed by atoms with Gasteiger partial charge in [-0.2, -0.15) is 0 Å². The molecule has 0 saturated carbocycles. The van der Waals surface area contributed by atoms with Gasteiger partial charge in [0.2, 0.25) is 0 Å². The monoisotopic (exact) mass is 442 g/mol. The van der Waals surface area contributed by atoms with Gasteiger partial charge in [0, 0.05) is 23.8 Å². The Balaban J connectivity index is 1.68. The van der Waals surface area contributed by atoms with Crippen molar-refractivity contribution in [2.75, 3.05) is 12.0 Å². The quantitative estimate of drug-likeness (QED) is 0.435. The van der Waals surface area contributed by atoms with Crippen LogP contribution in [0.3, 0.4) is 0 Å². The van der Waals surface area contributed by atoms with Crippen molar-refractivity contribution in [2.24, 2.45) is 0 Å². The number of phenolic OH excluding ortho intramolecular Hbond substituents is 1. The standard InChI is InChI=1S/C25H22N4O2S/c1-31-22-10-3-2-8-20(22)28-16-6-9-21(28)24-23(19-7-4-5-15-26-19)27-25(32)29(24)17-11-13-18(30)14-12-17/h2-16,23-24,30H,1H3,(H,27,32). The number of anilines is 1. The molecule has 2 aromatic heterocycles. The maximum absolute atomic E-state index is 9.80. The van der Waals surface area contributed by atoms with Gasteiger partial charge in [-0.1, -0.05) is 18.2 Å². The van der Waals surface area contributed by atoms with Crippen molar-refractivity contribution in [1.29, 1.82) is 0 Å². The van der Waals surface area contributed by atoms with Crippen molar-refractivity contribution < 1.29 is 9.84 Å². The first-order valence-electron chi connectivity index (χ1n) is 10.3. The molecule has 0 amide bonds. The van der Waals surface area contributed by atoms with Gasteiger partial charge in [0.15, 0.2) is 5.11 Å². The number of nitrogens with one attached hydrogen (secondary N) is 1. The Morgan fingerprint density at radius 3 is 2.50 bits per heavy atom. The third-order valence-electron chi connectivity index (χ3n) is 5.65. The number of methoxy groups -OCH3 is 1. The number of aromatic nitrogens is 2. The molecule has 2 unspecified atom stereocenters. The molecule has 1 aliphatic heterocycles. The number of rotatable bonds is 5. The van der Waals surface area contributed by atoms with Crippen LogP contribution in [0.25, 0.3) is 5.69 Å². The minimum Gasteiger partial charge on any atom is -0.508 e. The molecule has 1 aliphatic rings. The topological polar surface area (TPSA) is 62.5 Å². The van der Waals surface area contributed by atoms with Gasteiger partial charge in [0.1, 0.15) is 17.5 Å². The van der Waals surface area contributed by atoms with E-state index in [1.54, 1.807) is 25.4 Å². The van der Waals surface area contributed by atoms with E-state index in [0.717, 1.165) is 28.5 Å². The number of benzene rings is 2. The van der Waals surface area contributed by atoms with Crippen LogP contribution in [0.15, 0.2) is 91.3 Å². The molecule has 1 saturated heterocycles. The predicted molar refractivity (Wildman–Crippen MR) is 128 cm³/mol. The summed E-state index contributed by atoms with van der Waals surface area (Å²) in [6.07, 6.45) is 3.82. The highest BCUT2D eigenvalue weighted by Crippen LogP contribution is 2.43. The van der Waals surface area contributed by atoms with E-state index in [0.29, 0.717) is 5.11 Å². The smallest absolute Gasteiger partial charge is 0.174 e. The van der Waals surface area contributed by atoms with Gasteiger partial charge in [-0.05, 0) is 72.9 Å². The average molecular weight is 443 g/mol. The van der Waals surface area contributed by atoms with Crippen LogP contribution in [0.4, 0.5) is 5.69 Å². The fourth-order valence-electron chi connectivity index (χ4n) is 4.23. The fraction of sp³-hybridized carbons (Fsp3) is 0.120. The molecule has 4 aromatic rings. The molecule has 5 rings (SSSR count). The Bertz CT molecular complexity index is 1240. The van der Waals surface area contributed by atoms with Crippen LogP contribution in [0, 0.1) is 0 Å². The lowest BCUT2D eigenvalue weighted by atomic mass is 10.0. The molecule has 0 spiro atoms. The van der Waals surface area contributed by atoms with E-state index in [1.165, 1.54) is 0 Å². The zero-order valence-corrected chi connectivity index (χ0v) is 18.2. The summed E-state index contributed by atoms with van der Waals surface area (Å²) >= 11 is 5.78. The molecule has 160 valence electrons. The van der Waals surface area contributed by atoms with Crippen LogP contribution in [-0.4, -0.2) is 26.9 Å². The molecule has 0 aliphatic carbocycles. The third kappa shape index (κ3) is 3.46. The molecule has 2 atom stereocenters. The lowest BCUT2D eigenvalue weighted by molar-refractivity contribution is 0.412. The van der Waals surface area contributed by atoms with Gasteiger partial charge in [0.25, 0.3) is 0 Å². The van der Waals surface area contributed by atoms with Crippen LogP contribution in [0.1, 0.15) is 23.5 Å². The fourth-order valence-corrected chi connectivity index (χ4v) is 4.58. The van der Waals surface area contributed by atoms with Gasteiger partial charge < -0.3 is 24.6 Å². The van der Waals surface area contributed by atoms with Crippen LogP contribution < -0.4 is 15.0 Å². The summed E-state index contributed by atoms with van der Waals surface area (Å²) in [7, 11) is 1.67. The zero-order valence-electron chi connectivity index (χ0n) is 17.4. The number of pyridine rings is 1. The summed E-state index contributed by atoms with van der Waals surface area (Å²) in [5.41, 5.74) is 3.76. The van der Waals surface area contributed by atoms with Crippen molar-refractivity contribution in [3.8, 4) is 17.2 Å². The second-order valence-electron chi connectivity index (χ2n) is 7.49. The molecular weight excluding hydrogens is 420 g/mol. The summed E-state index contributed by atoms with van der Waals surface area (Å²) in [6, 6.07) is 24.7. The molecule has 32 heavy (non-hydrogen) atoms. The first-order chi connectivity index (χ1) is 15.7. The number of phenols is 1. The van der Waals surface area contributed by atoms with Gasteiger partial charge >= 0.3 is 0 Å². The highest BCUT2D eigenvalue weighted by Gasteiger charge is 2.42. The number of ether oxygens (including phenoxy) is 1. The van der Waals surface area contributed by atoms with E-state index >= 15 is 0 Å². The molecule has 0 radical (unpaired) electrons. The van der Waals surface area contributed by atoms with E-state index < -0.39 is 0 Å². The molecule has 0 bridgehead atoms. The second kappa shape index (κ2) is 8.36. The van der Waals surface area contributed by atoms with Crippen molar-refractivity contribution in [1.82, 2.24) is 14.9 Å². The molecule has 2 N–H and O–H groups in total. The highest BCUT2D eigenvalue weighted by molar-refractivity contribution is 7.80. The average Bonchev–Trinajstić information content (AvgIpc) is 3.44. The summed E-state index contributed by atoms with van der Waals surface area (Å²) in [5, 5.41) is 13.9. The third-order valence-corrected chi connectivity index (χ3v) is 5.97. The molecular formula is C25H22N4O2S. The summed E-state index contributed by atoms with van der Waals surface area (Å²) in [6.45, 7) is 0. The normalized spacial score (nSPS) is 17.9. The largest absolute Gasteiger partial charge is 0.508 e. The number of hydrogen-bond acceptors (Lipinski definition) is 4. The van der Waals surface area contributed by atoms with Crippen molar-refractivity contribution in [3.05, 3.63) is 103 Å². The molecule has 7 heteroatoms. The second-order valence-corrected chi connectivity index (χ2v) is 7.87. The van der Waals surface area contributed by atoms with Gasteiger partial charge in [0.05, 0.1) is 24.5 Å². The number of thiocarbonyl (C=S) groups is 1. The summed E-state index contributed by atoms with van der Waals surface area (Å²) in [4.78, 5) is 6.69. The van der Waals surface area contributed by atoms with Crippen LogP contribution >= 0.6 is 12.2 Å². The van der Waals surface area contributed by atoms with E-state index in [-0.39, 0.29) is 17.8 Å². The predicted octanol–water partition coefficient (Wildman–Crippen LogP) is 4.76. The Morgan fingerprint density at radius 2 is 1.75 bits per heavy atom. The van der Waals surface area contributed by atoms with Crippen LogP contribution in [-0.2, 0) is 0 Å². The molecule has 6 nitrogen and oxygen atoms in total. The highest BCUT2D eigenvalue weighted by atomic mass is 32.1. The van der Waals surface area contributed by atoms with E-state index in [9.17, 15) is 5.11 Å². The number of aromatic hydroxyl groups is 1. The number of hydrogen-bond donors (Lipinski definition) is 2. The maximum atomic E-state index is 9.80. The summed E-state index contributed by atoms with van der Waals surface area (Å²) < 4.78 is 7.76. The van der Waals surface area contributed by atoms with Crippen molar-refractivity contribution >= 4 is 23.0 Å². The first-order valence-corrected chi connectivity index (χ1v) is 10.7. The SMILES string of the molecule is COc1ccccc1-n1cccc1C1C(c2ccccn2)NC(=S)N1c1ccc(O)cc1. The zero-order chi connectivity index (χ0) is 22.1. The van der Waals surface area contributed by atoms with Crippen LogP contribution in [0.2, 0.25) is 0 Å². The number of nitrogens with zero attached hydrogens (tertiary/aromatic N) is 3. The number of para-hydroxylation sites is 2. The van der Waals surface area contributed by atoms with E-state index in [2.05, 4.69) is 25.8 Å². The lowest BCUT2D eigenvalue weighted by Gasteiger charge is -2.29. The molecule has 3 heterocycles. The Morgan fingerprint density at radius 1 is 0.969 bits per heavy atom. The van der Waals surface area contributed by atoms with Gasteiger partial charge in [-0.15, -0.1) is 0 Å². The van der Waals surface area contributed by atoms with Gasteiger partial charge in [-0.25, -0.2) is 0 Å². The Hall–Kier alpha value is -3.84. The minimum absolute atomic E-state index is 0.166.